The normalized spacial score (nSPS) is 12.0. The molecular weight excluding hydrogens is 268 g/mol. The zero-order valence-corrected chi connectivity index (χ0v) is 12.1. The lowest BCUT2D eigenvalue weighted by Gasteiger charge is -2.17. The Bertz CT molecular complexity index is 793. The number of benzene rings is 2. The summed E-state index contributed by atoms with van der Waals surface area (Å²) in [6.45, 7) is 3.70. The van der Waals surface area contributed by atoms with E-state index >= 15 is 0 Å². The molecule has 3 aromatic rings. The molecule has 0 radical (unpaired) electrons. The molecule has 0 unspecified atom stereocenters. The second-order valence-electron chi connectivity index (χ2n) is 5.35. The van der Waals surface area contributed by atoms with Crippen LogP contribution < -0.4 is 0 Å². The van der Waals surface area contributed by atoms with Crippen LogP contribution in [-0.4, -0.2) is 22.4 Å². The number of hydrogen-bond donors (Lipinski definition) is 1. The van der Waals surface area contributed by atoms with Crippen LogP contribution in [-0.2, 0) is 10.3 Å². The summed E-state index contributed by atoms with van der Waals surface area (Å²) >= 11 is 0. The number of ether oxygens (including phenoxy) is 1. The summed E-state index contributed by atoms with van der Waals surface area (Å²) in [6, 6.07) is 11.3. The first-order valence-electron chi connectivity index (χ1n) is 6.63. The number of aromatic hydroxyl groups is 1. The molecule has 0 aliphatic rings. The minimum atomic E-state index is -0.645. The molecule has 0 spiro atoms. The van der Waals surface area contributed by atoms with Crippen molar-refractivity contribution in [3.05, 3.63) is 42.2 Å². The molecule has 0 fully saturated rings. The zero-order valence-electron chi connectivity index (χ0n) is 12.1. The van der Waals surface area contributed by atoms with Crippen molar-refractivity contribution in [3.63, 3.8) is 0 Å². The lowest BCUT2D eigenvalue weighted by Crippen LogP contribution is -2.21. The van der Waals surface area contributed by atoms with Crippen LogP contribution >= 0.6 is 0 Å². The van der Waals surface area contributed by atoms with Gasteiger partial charge >= 0.3 is 0 Å². The van der Waals surface area contributed by atoms with Crippen molar-refractivity contribution in [1.29, 1.82) is 0 Å². The third kappa shape index (κ3) is 2.36. The molecule has 2 aromatic carbocycles. The summed E-state index contributed by atoms with van der Waals surface area (Å²) < 4.78 is 10.6. The molecule has 1 heterocycles. The molecule has 0 atom stereocenters. The van der Waals surface area contributed by atoms with E-state index in [1.807, 2.05) is 44.2 Å². The average Bonchev–Trinajstić information content (AvgIpc) is 2.97. The number of phenols is 1. The molecule has 1 N–H and O–H groups in total. The largest absolute Gasteiger partial charge is 0.507 e. The molecule has 0 amide bonds. The molecule has 0 saturated heterocycles. The third-order valence-electron chi connectivity index (χ3n) is 3.57. The van der Waals surface area contributed by atoms with Crippen LogP contribution in [0.4, 0.5) is 0 Å². The molecular formula is C16H16N2O3. The topological polar surface area (TPSA) is 68.4 Å². The predicted molar refractivity (Wildman–Crippen MR) is 78.9 cm³/mol. The number of rotatable bonds is 3. The SMILES string of the molecule is COC(C)(C)c1noc(-c2cc3ccccc3cc2O)n1. The highest BCUT2D eigenvalue weighted by Gasteiger charge is 2.27. The zero-order chi connectivity index (χ0) is 15.0. The van der Waals surface area contributed by atoms with Gasteiger partial charge in [-0.2, -0.15) is 4.98 Å². The van der Waals surface area contributed by atoms with Gasteiger partial charge in [-0.05, 0) is 36.8 Å². The summed E-state index contributed by atoms with van der Waals surface area (Å²) in [6.07, 6.45) is 0. The minimum absolute atomic E-state index is 0.110. The van der Waals surface area contributed by atoms with Crippen LogP contribution in [0.5, 0.6) is 5.75 Å². The Labute approximate surface area is 122 Å². The Hall–Kier alpha value is -2.40. The Balaban J connectivity index is 2.10. The Morgan fingerprint density at radius 3 is 2.48 bits per heavy atom. The highest BCUT2D eigenvalue weighted by atomic mass is 16.5. The van der Waals surface area contributed by atoms with Crippen molar-refractivity contribution in [2.24, 2.45) is 0 Å². The highest BCUT2D eigenvalue weighted by Crippen LogP contribution is 2.33. The first kappa shape index (κ1) is 13.6. The van der Waals surface area contributed by atoms with E-state index in [1.165, 1.54) is 0 Å². The predicted octanol–water partition coefficient (Wildman–Crippen LogP) is 3.48. The quantitative estimate of drug-likeness (QED) is 0.797. The molecule has 0 aliphatic heterocycles. The summed E-state index contributed by atoms with van der Waals surface area (Å²) in [7, 11) is 1.59. The molecule has 0 bridgehead atoms. The average molecular weight is 284 g/mol. The molecule has 5 nitrogen and oxygen atoms in total. The first-order valence-corrected chi connectivity index (χ1v) is 6.63. The number of methoxy groups -OCH3 is 1. The molecule has 21 heavy (non-hydrogen) atoms. The van der Waals surface area contributed by atoms with E-state index in [1.54, 1.807) is 13.2 Å². The Morgan fingerprint density at radius 2 is 1.81 bits per heavy atom. The summed E-state index contributed by atoms with van der Waals surface area (Å²) in [5.74, 6) is 0.824. The van der Waals surface area contributed by atoms with E-state index in [9.17, 15) is 5.11 Å². The molecule has 1 aromatic heterocycles. The maximum atomic E-state index is 10.2. The van der Waals surface area contributed by atoms with Crippen LogP contribution in [0.3, 0.4) is 0 Å². The van der Waals surface area contributed by atoms with E-state index in [4.69, 9.17) is 9.26 Å². The summed E-state index contributed by atoms with van der Waals surface area (Å²) in [4.78, 5) is 4.33. The number of nitrogens with zero attached hydrogens (tertiary/aromatic N) is 2. The maximum absolute atomic E-state index is 10.2. The van der Waals surface area contributed by atoms with Crippen molar-refractivity contribution in [2.75, 3.05) is 7.11 Å². The maximum Gasteiger partial charge on any atom is 0.261 e. The van der Waals surface area contributed by atoms with Crippen LogP contribution in [0.2, 0.25) is 0 Å². The van der Waals surface area contributed by atoms with Gasteiger partial charge in [0.1, 0.15) is 11.4 Å². The molecule has 0 saturated carbocycles. The Morgan fingerprint density at radius 1 is 1.14 bits per heavy atom. The van der Waals surface area contributed by atoms with Crippen molar-refractivity contribution in [2.45, 2.75) is 19.4 Å². The fourth-order valence-electron chi connectivity index (χ4n) is 2.07. The second-order valence-corrected chi connectivity index (χ2v) is 5.35. The summed E-state index contributed by atoms with van der Waals surface area (Å²) in [5, 5.41) is 16.1. The lowest BCUT2D eigenvalue weighted by molar-refractivity contribution is 0.00973. The van der Waals surface area contributed by atoms with Gasteiger partial charge < -0.3 is 14.4 Å². The van der Waals surface area contributed by atoms with Crippen LogP contribution in [0.1, 0.15) is 19.7 Å². The fourth-order valence-corrected chi connectivity index (χ4v) is 2.07. The molecule has 5 heteroatoms. The Kier molecular flexibility index (Phi) is 3.14. The number of hydrogen-bond acceptors (Lipinski definition) is 5. The van der Waals surface area contributed by atoms with Crippen molar-refractivity contribution < 1.29 is 14.4 Å². The van der Waals surface area contributed by atoms with Crippen molar-refractivity contribution >= 4 is 10.8 Å². The van der Waals surface area contributed by atoms with Crippen molar-refractivity contribution in [3.8, 4) is 17.2 Å². The van der Waals surface area contributed by atoms with Gasteiger partial charge in [-0.3, -0.25) is 0 Å². The van der Waals surface area contributed by atoms with Gasteiger partial charge in [0.15, 0.2) is 0 Å². The third-order valence-corrected chi connectivity index (χ3v) is 3.57. The standard InChI is InChI=1S/C16H16N2O3/c1-16(2,20-3)15-17-14(21-18-15)12-8-10-6-4-5-7-11(10)9-13(12)19/h4-9,19H,1-3H3. The monoisotopic (exact) mass is 284 g/mol. The van der Waals surface area contributed by atoms with Gasteiger partial charge in [-0.15, -0.1) is 0 Å². The van der Waals surface area contributed by atoms with Gasteiger partial charge in [0, 0.05) is 7.11 Å². The second kappa shape index (κ2) is 4.86. The number of aromatic nitrogens is 2. The van der Waals surface area contributed by atoms with Gasteiger partial charge in [-0.1, -0.05) is 29.4 Å². The van der Waals surface area contributed by atoms with E-state index in [2.05, 4.69) is 10.1 Å². The summed E-state index contributed by atoms with van der Waals surface area (Å²) in [5.41, 5.74) is -0.131. The molecule has 0 aliphatic carbocycles. The van der Waals surface area contributed by atoms with Gasteiger partial charge in [0.25, 0.3) is 5.89 Å². The van der Waals surface area contributed by atoms with Crippen LogP contribution in [0.15, 0.2) is 40.9 Å². The van der Waals surface area contributed by atoms with E-state index < -0.39 is 5.60 Å². The lowest BCUT2D eigenvalue weighted by atomic mass is 10.1. The van der Waals surface area contributed by atoms with E-state index in [-0.39, 0.29) is 11.6 Å². The number of fused-ring (bicyclic) bond motifs is 1. The smallest absolute Gasteiger partial charge is 0.261 e. The minimum Gasteiger partial charge on any atom is -0.507 e. The van der Waals surface area contributed by atoms with Gasteiger partial charge in [-0.25, -0.2) is 0 Å². The molecule has 108 valence electrons. The van der Waals surface area contributed by atoms with E-state index in [0.717, 1.165) is 10.8 Å². The first-order chi connectivity index (χ1) is 10.0. The highest BCUT2D eigenvalue weighted by molar-refractivity contribution is 5.89. The molecule has 3 rings (SSSR count). The van der Waals surface area contributed by atoms with Crippen molar-refractivity contribution in [1.82, 2.24) is 10.1 Å². The van der Waals surface area contributed by atoms with Gasteiger partial charge in [0.2, 0.25) is 5.82 Å². The van der Waals surface area contributed by atoms with Crippen LogP contribution in [0.25, 0.3) is 22.2 Å². The fraction of sp³-hybridized carbons (Fsp3) is 0.250. The number of phenolic OH excluding ortho intramolecular Hbond substituents is 1. The van der Waals surface area contributed by atoms with Gasteiger partial charge in [0.05, 0.1) is 5.56 Å². The van der Waals surface area contributed by atoms with Crippen LogP contribution in [0, 0.1) is 0 Å². The van der Waals surface area contributed by atoms with E-state index in [0.29, 0.717) is 11.4 Å².